The van der Waals surface area contributed by atoms with E-state index >= 15 is 0 Å². The van der Waals surface area contributed by atoms with Crippen LogP contribution in [0.15, 0.2) is 4.99 Å². The second-order valence-electron chi connectivity index (χ2n) is 7.45. The van der Waals surface area contributed by atoms with E-state index < -0.39 is 0 Å². The highest BCUT2D eigenvalue weighted by Crippen LogP contribution is 2.19. The van der Waals surface area contributed by atoms with E-state index in [2.05, 4.69) is 39.1 Å². The summed E-state index contributed by atoms with van der Waals surface area (Å²) in [6.07, 6.45) is 8.67. The summed E-state index contributed by atoms with van der Waals surface area (Å²) in [4.78, 5) is 17.9. The molecule has 1 fully saturated rings. The predicted octanol–water partition coefficient (Wildman–Crippen LogP) is 2.54. The normalized spacial score (nSPS) is 16.6. The lowest BCUT2D eigenvalue weighted by atomic mass is 9.98. The molecule has 0 saturated carbocycles. The van der Waals surface area contributed by atoms with E-state index in [1.54, 1.807) is 0 Å². The van der Waals surface area contributed by atoms with Crippen molar-refractivity contribution in [1.82, 2.24) is 15.5 Å². The van der Waals surface area contributed by atoms with Crippen LogP contribution in [0.1, 0.15) is 65.2 Å². The van der Waals surface area contributed by atoms with Crippen LogP contribution in [0.5, 0.6) is 0 Å². The molecule has 6 heteroatoms. The topological polar surface area (TPSA) is 66.0 Å². The molecule has 1 saturated heterocycles. The molecule has 0 unspecified atom stereocenters. The first kappa shape index (κ1) is 21.7. The van der Waals surface area contributed by atoms with Gasteiger partial charge in [-0.1, -0.05) is 19.3 Å². The molecule has 146 valence electrons. The first-order valence-electron chi connectivity index (χ1n) is 9.76. The van der Waals surface area contributed by atoms with Gasteiger partial charge in [0.15, 0.2) is 5.96 Å². The molecule has 0 aromatic rings. The molecule has 0 aliphatic carbocycles. The molecule has 1 rings (SSSR count). The molecular formula is C19H38N4O2. The summed E-state index contributed by atoms with van der Waals surface area (Å²) < 4.78 is 4.64. The number of hydrogen-bond donors (Lipinski definition) is 2. The standard InChI is InChI=1S/C19H38N4O2/c1-19(2,23-14-10-7-11-15-23)16-22-18(20-3)21-13-9-6-5-8-12-17(24)25-4/h5-16H2,1-4H3,(H2,20,21,22). The Morgan fingerprint density at radius 3 is 2.40 bits per heavy atom. The van der Waals surface area contributed by atoms with Crippen molar-refractivity contribution < 1.29 is 9.53 Å². The number of guanidine groups is 1. The Morgan fingerprint density at radius 2 is 1.76 bits per heavy atom. The molecule has 0 amide bonds. The minimum absolute atomic E-state index is 0.112. The molecule has 6 nitrogen and oxygen atoms in total. The highest BCUT2D eigenvalue weighted by molar-refractivity contribution is 5.79. The van der Waals surface area contributed by atoms with Gasteiger partial charge < -0.3 is 15.4 Å². The number of nitrogens with zero attached hydrogens (tertiary/aromatic N) is 2. The van der Waals surface area contributed by atoms with Crippen LogP contribution < -0.4 is 10.6 Å². The maximum Gasteiger partial charge on any atom is 0.305 e. The number of hydrogen-bond acceptors (Lipinski definition) is 4. The third-order valence-corrected chi connectivity index (χ3v) is 4.95. The number of carbonyl (C=O) groups excluding carboxylic acids is 1. The van der Waals surface area contributed by atoms with Crippen LogP contribution >= 0.6 is 0 Å². The van der Waals surface area contributed by atoms with Crippen LogP contribution in [0, 0.1) is 0 Å². The van der Waals surface area contributed by atoms with E-state index in [1.807, 2.05) is 7.05 Å². The van der Waals surface area contributed by atoms with Gasteiger partial charge in [-0.2, -0.15) is 0 Å². The Bertz CT molecular complexity index is 404. The molecule has 1 aliphatic rings. The summed E-state index contributed by atoms with van der Waals surface area (Å²) in [6.45, 7) is 8.81. The van der Waals surface area contributed by atoms with Gasteiger partial charge in [0.25, 0.3) is 0 Å². The van der Waals surface area contributed by atoms with Crippen molar-refractivity contribution in [1.29, 1.82) is 0 Å². The average molecular weight is 355 g/mol. The number of rotatable bonds is 10. The molecule has 0 aromatic carbocycles. The maximum atomic E-state index is 11.0. The largest absolute Gasteiger partial charge is 0.469 e. The van der Waals surface area contributed by atoms with Crippen LogP contribution in [0.25, 0.3) is 0 Å². The first-order chi connectivity index (χ1) is 12.0. The van der Waals surface area contributed by atoms with Crippen molar-refractivity contribution in [2.75, 3.05) is 40.3 Å². The SMILES string of the molecule is CN=C(NCCCCCCC(=O)OC)NCC(C)(C)N1CCCCC1. The van der Waals surface area contributed by atoms with Gasteiger partial charge in [-0.3, -0.25) is 14.7 Å². The number of piperidine rings is 1. The fourth-order valence-corrected chi connectivity index (χ4v) is 3.19. The van der Waals surface area contributed by atoms with E-state index in [0.29, 0.717) is 6.42 Å². The molecule has 0 atom stereocenters. The van der Waals surface area contributed by atoms with E-state index in [4.69, 9.17) is 0 Å². The first-order valence-corrected chi connectivity index (χ1v) is 9.76. The molecule has 1 heterocycles. The van der Waals surface area contributed by atoms with E-state index in [-0.39, 0.29) is 11.5 Å². The molecule has 0 aromatic heterocycles. The summed E-state index contributed by atoms with van der Waals surface area (Å²) in [5.41, 5.74) is 0.145. The van der Waals surface area contributed by atoms with Gasteiger partial charge in [0.05, 0.1) is 7.11 Å². The third-order valence-electron chi connectivity index (χ3n) is 4.95. The van der Waals surface area contributed by atoms with Crippen LogP contribution in [0.3, 0.4) is 0 Å². The number of aliphatic imine (C=N–C) groups is 1. The van der Waals surface area contributed by atoms with E-state index in [1.165, 1.54) is 39.5 Å². The Morgan fingerprint density at radius 1 is 1.08 bits per heavy atom. The summed E-state index contributed by atoms with van der Waals surface area (Å²) in [7, 11) is 3.26. The van der Waals surface area contributed by atoms with Crippen molar-refractivity contribution in [2.24, 2.45) is 4.99 Å². The molecule has 0 radical (unpaired) electrons. The van der Waals surface area contributed by atoms with Gasteiger partial charge in [-0.15, -0.1) is 0 Å². The van der Waals surface area contributed by atoms with Crippen LogP contribution in [-0.2, 0) is 9.53 Å². The summed E-state index contributed by atoms with van der Waals surface area (Å²) in [6, 6.07) is 0. The molecule has 2 N–H and O–H groups in total. The lowest BCUT2D eigenvalue weighted by molar-refractivity contribution is -0.140. The zero-order valence-corrected chi connectivity index (χ0v) is 16.7. The predicted molar refractivity (Wildman–Crippen MR) is 104 cm³/mol. The van der Waals surface area contributed by atoms with Gasteiger partial charge >= 0.3 is 5.97 Å². The van der Waals surface area contributed by atoms with Crippen molar-refractivity contribution in [3.63, 3.8) is 0 Å². The van der Waals surface area contributed by atoms with E-state index in [0.717, 1.165) is 44.7 Å². The Labute approximate surface area is 153 Å². The lowest BCUT2D eigenvalue weighted by Crippen LogP contribution is -2.54. The second kappa shape index (κ2) is 12.1. The number of unbranched alkanes of at least 4 members (excludes halogenated alkanes) is 3. The molecule has 1 aliphatic heterocycles. The van der Waals surface area contributed by atoms with Gasteiger partial charge in [0.1, 0.15) is 0 Å². The fraction of sp³-hybridized carbons (Fsp3) is 0.895. The Hall–Kier alpha value is -1.30. The number of ether oxygens (including phenoxy) is 1. The molecule has 0 bridgehead atoms. The van der Waals surface area contributed by atoms with Crippen molar-refractivity contribution in [2.45, 2.75) is 70.8 Å². The average Bonchev–Trinajstić information content (AvgIpc) is 2.63. The second-order valence-corrected chi connectivity index (χ2v) is 7.45. The van der Waals surface area contributed by atoms with Crippen molar-refractivity contribution in [3.8, 4) is 0 Å². The maximum absolute atomic E-state index is 11.0. The number of carbonyl (C=O) groups is 1. The minimum Gasteiger partial charge on any atom is -0.469 e. The molecule has 0 spiro atoms. The van der Waals surface area contributed by atoms with Crippen LogP contribution in [0.4, 0.5) is 0 Å². The van der Waals surface area contributed by atoms with Gasteiger partial charge in [0, 0.05) is 32.1 Å². The Balaban J connectivity index is 2.14. The van der Waals surface area contributed by atoms with Gasteiger partial charge in [-0.05, 0) is 52.6 Å². The van der Waals surface area contributed by atoms with Gasteiger partial charge in [0.2, 0.25) is 0 Å². The number of methoxy groups -OCH3 is 1. The fourth-order valence-electron chi connectivity index (χ4n) is 3.19. The summed E-state index contributed by atoms with van der Waals surface area (Å²) in [5.74, 6) is 0.763. The number of likely N-dealkylation sites (tertiary alicyclic amines) is 1. The van der Waals surface area contributed by atoms with E-state index in [9.17, 15) is 4.79 Å². The van der Waals surface area contributed by atoms with Crippen LogP contribution in [0.2, 0.25) is 0 Å². The monoisotopic (exact) mass is 354 g/mol. The zero-order chi connectivity index (χ0) is 18.5. The molecule has 25 heavy (non-hydrogen) atoms. The lowest BCUT2D eigenvalue weighted by Gasteiger charge is -2.41. The quantitative estimate of drug-likeness (QED) is 0.273. The Kier molecular flexibility index (Phi) is 10.5. The van der Waals surface area contributed by atoms with Crippen molar-refractivity contribution in [3.05, 3.63) is 0 Å². The third kappa shape index (κ3) is 9.10. The summed E-state index contributed by atoms with van der Waals surface area (Å²) in [5, 5.41) is 6.85. The summed E-state index contributed by atoms with van der Waals surface area (Å²) >= 11 is 0. The minimum atomic E-state index is -0.112. The van der Waals surface area contributed by atoms with Crippen LogP contribution in [-0.4, -0.2) is 62.7 Å². The molecular weight excluding hydrogens is 316 g/mol. The zero-order valence-electron chi connectivity index (χ0n) is 16.7. The van der Waals surface area contributed by atoms with Crippen molar-refractivity contribution >= 4 is 11.9 Å². The number of nitrogens with one attached hydrogen (secondary N) is 2. The smallest absolute Gasteiger partial charge is 0.305 e. The highest BCUT2D eigenvalue weighted by atomic mass is 16.5. The van der Waals surface area contributed by atoms with Gasteiger partial charge in [-0.25, -0.2) is 0 Å². The highest BCUT2D eigenvalue weighted by Gasteiger charge is 2.27. The number of esters is 1.